The van der Waals surface area contributed by atoms with Crippen LogP contribution in [0.15, 0.2) is 0 Å². The Morgan fingerprint density at radius 2 is 2.29 bits per heavy atom. The second-order valence-electron chi connectivity index (χ2n) is 4.51. The molecule has 1 rings (SSSR count). The standard InChI is InChI=1S/C11H21NO2/c1-8-4-5-12(11(8)7-13)9(2)6-10(3)14/h8-9,11,13H,4-7H2,1-3H3. The molecule has 3 nitrogen and oxygen atoms in total. The van der Waals surface area contributed by atoms with Crippen molar-refractivity contribution in [3.8, 4) is 0 Å². The molecule has 0 bridgehead atoms. The van der Waals surface area contributed by atoms with E-state index in [9.17, 15) is 9.90 Å². The van der Waals surface area contributed by atoms with Crippen molar-refractivity contribution in [1.29, 1.82) is 0 Å². The van der Waals surface area contributed by atoms with Gasteiger partial charge in [0.15, 0.2) is 0 Å². The van der Waals surface area contributed by atoms with Gasteiger partial charge in [-0.15, -0.1) is 0 Å². The molecule has 0 aliphatic carbocycles. The average molecular weight is 199 g/mol. The molecule has 0 aromatic carbocycles. The van der Waals surface area contributed by atoms with Crippen LogP contribution in [0.1, 0.15) is 33.6 Å². The first-order chi connectivity index (χ1) is 6.56. The summed E-state index contributed by atoms with van der Waals surface area (Å²) in [4.78, 5) is 13.3. The second kappa shape index (κ2) is 4.89. The monoisotopic (exact) mass is 199 g/mol. The van der Waals surface area contributed by atoms with E-state index >= 15 is 0 Å². The van der Waals surface area contributed by atoms with Crippen molar-refractivity contribution in [1.82, 2.24) is 4.90 Å². The number of nitrogens with zero attached hydrogens (tertiary/aromatic N) is 1. The summed E-state index contributed by atoms with van der Waals surface area (Å²) in [6.07, 6.45) is 1.73. The molecule has 0 saturated carbocycles. The third-order valence-corrected chi connectivity index (χ3v) is 3.26. The lowest BCUT2D eigenvalue weighted by Crippen LogP contribution is -2.42. The van der Waals surface area contributed by atoms with Crippen molar-refractivity contribution in [2.24, 2.45) is 5.92 Å². The van der Waals surface area contributed by atoms with E-state index in [4.69, 9.17) is 0 Å². The molecular weight excluding hydrogens is 178 g/mol. The molecule has 3 atom stereocenters. The zero-order valence-electron chi connectivity index (χ0n) is 9.36. The Bertz CT molecular complexity index is 205. The van der Waals surface area contributed by atoms with Gasteiger partial charge in [-0.3, -0.25) is 9.69 Å². The summed E-state index contributed by atoms with van der Waals surface area (Å²) in [5, 5.41) is 9.26. The van der Waals surface area contributed by atoms with Gasteiger partial charge in [0.2, 0.25) is 0 Å². The fourth-order valence-corrected chi connectivity index (χ4v) is 2.40. The summed E-state index contributed by atoms with van der Waals surface area (Å²) in [5.41, 5.74) is 0. The first kappa shape index (κ1) is 11.7. The number of aliphatic hydroxyl groups excluding tert-OH is 1. The molecule has 0 aromatic rings. The highest BCUT2D eigenvalue weighted by Gasteiger charge is 2.33. The van der Waals surface area contributed by atoms with Gasteiger partial charge in [-0.1, -0.05) is 6.92 Å². The van der Waals surface area contributed by atoms with Crippen LogP contribution in [-0.2, 0) is 4.79 Å². The fraction of sp³-hybridized carbons (Fsp3) is 0.909. The maximum absolute atomic E-state index is 11.0. The van der Waals surface area contributed by atoms with Gasteiger partial charge < -0.3 is 5.11 Å². The van der Waals surface area contributed by atoms with E-state index in [2.05, 4.69) is 18.7 Å². The van der Waals surface area contributed by atoms with Gasteiger partial charge in [-0.25, -0.2) is 0 Å². The summed E-state index contributed by atoms with van der Waals surface area (Å²) in [6.45, 7) is 7.09. The number of aliphatic hydroxyl groups is 1. The lowest BCUT2D eigenvalue weighted by atomic mass is 10.0. The highest BCUT2D eigenvalue weighted by Crippen LogP contribution is 2.26. The SMILES string of the molecule is CC(=O)CC(C)N1CCC(C)C1CO. The number of hydrogen-bond donors (Lipinski definition) is 1. The predicted octanol–water partition coefficient (Wildman–Crippen LogP) is 1.06. The van der Waals surface area contributed by atoms with Crippen LogP contribution in [0.4, 0.5) is 0 Å². The minimum atomic E-state index is 0.212. The number of Topliss-reactive ketones (excluding diaryl/α,β-unsaturated/α-hetero) is 1. The molecule has 0 radical (unpaired) electrons. The van der Waals surface area contributed by atoms with Gasteiger partial charge in [0.05, 0.1) is 6.61 Å². The Labute approximate surface area is 86.1 Å². The molecule has 1 heterocycles. The van der Waals surface area contributed by atoms with E-state index in [1.165, 1.54) is 0 Å². The molecule has 3 heteroatoms. The van der Waals surface area contributed by atoms with E-state index in [0.717, 1.165) is 13.0 Å². The molecule has 0 spiro atoms. The summed E-state index contributed by atoms with van der Waals surface area (Å²) in [7, 11) is 0. The van der Waals surface area contributed by atoms with Crippen molar-refractivity contribution in [2.75, 3.05) is 13.2 Å². The summed E-state index contributed by atoms with van der Waals surface area (Å²) in [5.74, 6) is 0.781. The number of hydrogen-bond acceptors (Lipinski definition) is 3. The summed E-state index contributed by atoms with van der Waals surface area (Å²) in [6, 6.07) is 0.527. The van der Waals surface area contributed by atoms with E-state index < -0.39 is 0 Å². The average Bonchev–Trinajstić information content (AvgIpc) is 2.45. The highest BCUT2D eigenvalue weighted by molar-refractivity contribution is 5.76. The van der Waals surface area contributed by atoms with Crippen LogP contribution >= 0.6 is 0 Å². The third-order valence-electron chi connectivity index (χ3n) is 3.26. The first-order valence-electron chi connectivity index (χ1n) is 5.42. The molecule has 1 N–H and O–H groups in total. The van der Waals surface area contributed by atoms with E-state index in [0.29, 0.717) is 12.3 Å². The van der Waals surface area contributed by atoms with E-state index in [1.807, 2.05) is 0 Å². The molecular formula is C11H21NO2. The molecule has 14 heavy (non-hydrogen) atoms. The second-order valence-corrected chi connectivity index (χ2v) is 4.51. The zero-order chi connectivity index (χ0) is 10.7. The number of carbonyl (C=O) groups is 1. The molecule has 1 fully saturated rings. The minimum Gasteiger partial charge on any atom is -0.395 e. The highest BCUT2D eigenvalue weighted by atomic mass is 16.3. The van der Waals surface area contributed by atoms with Crippen LogP contribution in [0.5, 0.6) is 0 Å². The smallest absolute Gasteiger partial charge is 0.131 e. The predicted molar refractivity (Wildman–Crippen MR) is 56.1 cm³/mol. The molecule has 82 valence electrons. The van der Waals surface area contributed by atoms with Crippen LogP contribution in [0, 0.1) is 5.92 Å². The molecule has 1 aliphatic heterocycles. The Balaban J connectivity index is 2.54. The molecule has 0 amide bonds. The van der Waals surface area contributed by atoms with Crippen LogP contribution in [0.3, 0.4) is 0 Å². The maximum Gasteiger partial charge on any atom is 0.131 e. The van der Waals surface area contributed by atoms with Crippen LogP contribution in [0.2, 0.25) is 0 Å². The molecule has 0 aromatic heterocycles. The molecule has 1 aliphatic rings. The first-order valence-corrected chi connectivity index (χ1v) is 5.42. The van der Waals surface area contributed by atoms with Crippen molar-refractivity contribution in [3.05, 3.63) is 0 Å². The van der Waals surface area contributed by atoms with Crippen LogP contribution in [-0.4, -0.2) is 41.0 Å². The van der Waals surface area contributed by atoms with Gasteiger partial charge >= 0.3 is 0 Å². The van der Waals surface area contributed by atoms with Gasteiger partial charge in [0.25, 0.3) is 0 Å². The van der Waals surface area contributed by atoms with Crippen molar-refractivity contribution in [3.63, 3.8) is 0 Å². The molecule has 3 unspecified atom stereocenters. The van der Waals surface area contributed by atoms with Gasteiger partial charge in [-0.05, 0) is 32.7 Å². The zero-order valence-corrected chi connectivity index (χ0v) is 9.36. The number of rotatable bonds is 4. The Hall–Kier alpha value is -0.410. The minimum absolute atomic E-state index is 0.212. The third kappa shape index (κ3) is 2.55. The van der Waals surface area contributed by atoms with E-state index in [-0.39, 0.29) is 24.5 Å². The van der Waals surface area contributed by atoms with Crippen molar-refractivity contribution < 1.29 is 9.90 Å². The summed E-state index contributed by atoms with van der Waals surface area (Å²) >= 11 is 0. The normalized spacial score (nSPS) is 30.6. The Morgan fingerprint density at radius 1 is 1.64 bits per heavy atom. The van der Waals surface area contributed by atoms with Crippen molar-refractivity contribution in [2.45, 2.75) is 45.7 Å². The van der Waals surface area contributed by atoms with Gasteiger partial charge in [-0.2, -0.15) is 0 Å². The Kier molecular flexibility index (Phi) is 4.08. The van der Waals surface area contributed by atoms with Crippen LogP contribution in [0.25, 0.3) is 0 Å². The number of likely N-dealkylation sites (tertiary alicyclic amines) is 1. The lowest BCUT2D eigenvalue weighted by molar-refractivity contribution is -0.118. The van der Waals surface area contributed by atoms with Gasteiger partial charge in [0, 0.05) is 18.5 Å². The Morgan fingerprint density at radius 3 is 2.79 bits per heavy atom. The number of carbonyl (C=O) groups excluding carboxylic acids is 1. The van der Waals surface area contributed by atoms with E-state index in [1.54, 1.807) is 6.92 Å². The quantitative estimate of drug-likeness (QED) is 0.736. The largest absolute Gasteiger partial charge is 0.395 e. The molecule has 1 saturated heterocycles. The number of ketones is 1. The van der Waals surface area contributed by atoms with Gasteiger partial charge in [0.1, 0.15) is 5.78 Å². The topological polar surface area (TPSA) is 40.5 Å². The summed E-state index contributed by atoms with van der Waals surface area (Å²) < 4.78 is 0. The maximum atomic E-state index is 11.0. The lowest BCUT2D eigenvalue weighted by Gasteiger charge is -2.30. The van der Waals surface area contributed by atoms with Crippen molar-refractivity contribution >= 4 is 5.78 Å². The fourth-order valence-electron chi connectivity index (χ4n) is 2.40. The van der Waals surface area contributed by atoms with Crippen LogP contribution < -0.4 is 0 Å².